The van der Waals surface area contributed by atoms with Crippen molar-refractivity contribution in [1.29, 1.82) is 0 Å². The molecule has 1 atom stereocenters. The number of carboxylic acid groups (broad SMARTS) is 1. The molecule has 0 radical (unpaired) electrons. The molecular weight excluding hydrogens is 144 g/mol. The zero-order valence-electron chi connectivity index (χ0n) is 6.71. The van der Waals surface area contributed by atoms with Gasteiger partial charge in [0.25, 0.3) is 0 Å². The highest BCUT2D eigenvalue weighted by molar-refractivity contribution is 5.66. The molecule has 1 aliphatic rings. The fraction of sp³-hybridized carbons (Fsp3) is 0.857. The summed E-state index contributed by atoms with van der Waals surface area (Å²) in [4.78, 5) is 11.9. The van der Waals surface area contributed by atoms with Crippen LogP contribution in [0.4, 0.5) is 4.79 Å². The van der Waals surface area contributed by atoms with Crippen molar-refractivity contribution in [2.75, 3.05) is 19.6 Å². The van der Waals surface area contributed by atoms with E-state index in [2.05, 4.69) is 5.32 Å². The second kappa shape index (κ2) is 3.57. The molecule has 0 aromatic heterocycles. The van der Waals surface area contributed by atoms with E-state index in [1.165, 1.54) is 4.90 Å². The van der Waals surface area contributed by atoms with E-state index < -0.39 is 6.09 Å². The third kappa shape index (κ3) is 1.83. The van der Waals surface area contributed by atoms with E-state index in [9.17, 15) is 4.79 Å². The molecule has 0 spiro atoms. The number of hydrogen-bond donors (Lipinski definition) is 2. The van der Waals surface area contributed by atoms with E-state index in [4.69, 9.17) is 5.11 Å². The minimum atomic E-state index is -0.792. The van der Waals surface area contributed by atoms with Crippen LogP contribution in [0.15, 0.2) is 0 Å². The third-order valence-corrected chi connectivity index (χ3v) is 2.02. The van der Waals surface area contributed by atoms with Crippen LogP contribution in [0.1, 0.15) is 13.3 Å². The van der Waals surface area contributed by atoms with E-state index in [0.717, 1.165) is 19.5 Å². The maximum atomic E-state index is 10.5. The highest BCUT2D eigenvalue weighted by atomic mass is 16.4. The number of likely N-dealkylation sites (tertiary alicyclic amines) is 1. The summed E-state index contributed by atoms with van der Waals surface area (Å²) in [5, 5.41) is 11.7. The molecule has 0 unspecified atom stereocenters. The first-order chi connectivity index (χ1) is 5.25. The third-order valence-electron chi connectivity index (χ3n) is 2.02. The van der Waals surface area contributed by atoms with Gasteiger partial charge in [-0.25, -0.2) is 4.79 Å². The Kier molecular flexibility index (Phi) is 2.70. The van der Waals surface area contributed by atoms with Crippen molar-refractivity contribution >= 4 is 6.09 Å². The van der Waals surface area contributed by atoms with Crippen molar-refractivity contribution in [3.8, 4) is 0 Å². The quantitative estimate of drug-likeness (QED) is 0.623. The molecule has 0 aromatic carbocycles. The Balaban J connectivity index is 2.20. The molecule has 0 aliphatic carbocycles. The molecule has 1 rings (SSSR count). The molecule has 0 aromatic rings. The summed E-state index contributed by atoms with van der Waals surface area (Å²) in [5.41, 5.74) is 0. The molecule has 4 nitrogen and oxygen atoms in total. The Morgan fingerprint density at radius 3 is 2.91 bits per heavy atom. The Hall–Kier alpha value is -0.770. The molecule has 1 aliphatic heterocycles. The first kappa shape index (κ1) is 8.33. The molecule has 1 saturated heterocycles. The number of hydrogen-bond acceptors (Lipinski definition) is 2. The van der Waals surface area contributed by atoms with E-state index in [-0.39, 0.29) is 6.04 Å². The van der Waals surface area contributed by atoms with Crippen LogP contribution in [-0.4, -0.2) is 41.8 Å². The van der Waals surface area contributed by atoms with Crippen LogP contribution >= 0.6 is 0 Å². The van der Waals surface area contributed by atoms with Gasteiger partial charge in [0.05, 0.1) is 0 Å². The van der Waals surface area contributed by atoms with Crippen LogP contribution in [0.2, 0.25) is 0 Å². The van der Waals surface area contributed by atoms with Gasteiger partial charge >= 0.3 is 6.09 Å². The summed E-state index contributed by atoms with van der Waals surface area (Å²) in [7, 11) is 0. The van der Waals surface area contributed by atoms with Crippen LogP contribution in [0.25, 0.3) is 0 Å². The minimum Gasteiger partial charge on any atom is -0.465 e. The molecule has 64 valence electrons. The van der Waals surface area contributed by atoms with Gasteiger partial charge in [-0.2, -0.15) is 0 Å². The van der Waals surface area contributed by atoms with Crippen LogP contribution in [0, 0.1) is 0 Å². The Morgan fingerprint density at radius 1 is 1.82 bits per heavy atom. The topological polar surface area (TPSA) is 52.6 Å². The Bertz CT molecular complexity index is 149. The smallest absolute Gasteiger partial charge is 0.407 e. The highest BCUT2D eigenvalue weighted by Crippen LogP contribution is 2.15. The molecule has 2 N–H and O–H groups in total. The minimum absolute atomic E-state index is 0.215. The molecule has 11 heavy (non-hydrogen) atoms. The number of amides is 1. The average Bonchev–Trinajstić information content (AvgIpc) is 1.84. The summed E-state index contributed by atoms with van der Waals surface area (Å²) in [5.74, 6) is 0. The fourth-order valence-corrected chi connectivity index (χ4v) is 1.22. The van der Waals surface area contributed by atoms with E-state index in [1.807, 2.05) is 6.92 Å². The van der Waals surface area contributed by atoms with Gasteiger partial charge in [-0.1, -0.05) is 6.92 Å². The molecule has 1 amide bonds. The summed E-state index contributed by atoms with van der Waals surface area (Å²) >= 11 is 0. The summed E-state index contributed by atoms with van der Waals surface area (Å²) in [6.45, 7) is 4.42. The number of likely N-dealkylation sites (N-methyl/N-ethyl adjacent to an activating group) is 1. The lowest BCUT2D eigenvalue weighted by atomic mass is 10.0. The number of carbonyl (C=O) groups is 1. The lowest BCUT2D eigenvalue weighted by Crippen LogP contribution is -2.54. The van der Waals surface area contributed by atoms with Crippen LogP contribution in [0.3, 0.4) is 0 Å². The van der Waals surface area contributed by atoms with Gasteiger partial charge in [-0.05, 0) is 13.0 Å². The molecule has 1 fully saturated rings. The lowest BCUT2D eigenvalue weighted by Gasteiger charge is -2.38. The van der Waals surface area contributed by atoms with Gasteiger partial charge in [-0.3, -0.25) is 0 Å². The Labute approximate surface area is 66.2 Å². The van der Waals surface area contributed by atoms with Crippen LogP contribution in [0.5, 0.6) is 0 Å². The normalized spacial score (nSPS) is 23.0. The summed E-state index contributed by atoms with van der Waals surface area (Å²) < 4.78 is 0. The SMILES string of the molecule is CCNC[C@H]1CCN1C(=O)O. The van der Waals surface area contributed by atoms with E-state index in [0.29, 0.717) is 6.54 Å². The van der Waals surface area contributed by atoms with Gasteiger partial charge in [0, 0.05) is 19.1 Å². The average molecular weight is 158 g/mol. The van der Waals surface area contributed by atoms with Crippen molar-refractivity contribution in [3.63, 3.8) is 0 Å². The van der Waals surface area contributed by atoms with Gasteiger partial charge in [0.1, 0.15) is 0 Å². The second-order valence-corrected chi connectivity index (χ2v) is 2.73. The first-order valence-electron chi connectivity index (χ1n) is 3.96. The number of rotatable bonds is 3. The number of nitrogens with one attached hydrogen (secondary N) is 1. The molecular formula is C7H14N2O2. The predicted molar refractivity (Wildman–Crippen MR) is 41.7 cm³/mol. The van der Waals surface area contributed by atoms with Crippen LogP contribution in [-0.2, 0) is 0 Å². The van der Waals surface area contributed by atoms with Crippen molar-refractivity contribution < 1.29 is 9.90 Å². The van der Waals surface area contributed by atoms with Crippen LogP contribution < -0.4 is 5.32 Å². The summed E-state index contributed by atoms with van der Waals surface area (Å²) in [6, 6.07) is 0.215. The van der Waals surface area contributed by atoms with Gasteiger partial charge in [0.15, 0.2) is 0 Å². The first-order valence-corrected chi connectivity index (χ1v) is 3.96. The standard InChI is InChI=1S/C7H14N2O2/c1-2-8-5-6-3-4-9(6)7(10)11/h6,8H,2-5H2,1H3,(H,10,11)/t6-/m1/s1. The number of nitrogens with zero attached hydrogens (tertiary/aromatic N) is 1. The summed E-state index contributed by atoms with van der Waals surface area (Å²) in [6.07, 6.45) is 0.207. The van der Waals surface area contributed by atoms with Gasteiger partial charge < -0.3 is 15.3 Å². The van der Waals surface area contributed by atoms with Gasteiger partial charge in [-0.15, -0.1) is 0 Å². The van der Waals surface area contributed by atoms with E-state index >= 15 is 0 Å². The molecule has 1 heterocycles. The zero-order chi connectivity index (χ0) is 8.27. The largest absolute Gasteiger partial charge is 0.465 e. The molecule has 0 saturated carbocycles. The van der Waals surface area contributed by atoms with Crippen molar-refractivity contribution in [3.05, 3.63) is 0 Å². The van der Waals surface area contributed by atoms with Crippen molar-refractivity contribution in [1.82, 2.24) is 10.2 Å². The second-order valence-electron chi connectivity index (χ2n) is 2.73. The zero-order valence-corrected chi connectivity index (χ0v) is 6.71. The molecule has 4 heteroatoms. The van der Waals surface area contributed by atoms with Gasteiger partial charge in [0.2, 0.25) is 0 Å². The highest BCUT2D eigenvalue weighted by Gasteiger charge is 2.30. The monoisotopic (exact) mass is 158 g/mol. The predicted octanol–water partition coefficient (Wildman–Crippen LogP) is 0.348. The van der Waals surface area contributed by atoms with Crippen molar-refractivity contribution in [2.45, 2.75) is 19.4 Å². The maximum absolute atomic E-state index is 10.5. The Morgan fingerprint density at radius 2 is 2.55 bits per heavy atom. The fourth-order valence-electron chi connectivity index (χ4n) is 1.22. The lowest BCUT2D eigenvalue weighted by molar-refractivity contribution is 0.0755. The maximum Gasteiger partial charge on any atom is 0.407 e. The van der Waals surface area contributed by atoms with Crippen molar-refractivity contribution in [2.24, 2.45) is 0 Å². The molecule has 0 bridgehead atoms. The van der Waals surface area contributed by atoms with E-state index in [1.54, 1.807) is 0 Å².